The molecular formula is C24H21ClF3N9O5. The summed E-state index contributed by atoms with van der Waals surface area (Å²) in [5.74, 6) is -1.83. The number of alkyl halides is 3. The maximum atomic E-state index is 13.3. The second-order valence-electron chi connectivity index (χ2n) is 9.13. The predicted molar refractivity (Wildman–Crippen MR) is 139 cm³/mol. The highest BCUT2D eigenvalue weighted by molar-refractivity contribution is 6.30. The third-order valence-corrected chi connectivity index (χ3v) is 6.47. The van der Waals surface area contributed by atoms with E-state index in [1.807, 2.05) is 0 Å². The molecule has 42 heavy (non-hydrogen) atoms. The van der Waals surface area contributed by atoms with E-state index in [1.165, 1.54) is 47.3 Å². The number of carboxylic acids is 1. The Kier molecular flexibility index (Phi) is 7.70. The van der Waals surface area contributed by atoms with Crippen molar-refractivity contribution in [3.8, 4) is 17.1 Å². The summed E-state index contributed by atoms with van der Waals surface area (Å²) in [4.78, 5) is 47.1. The number of nitrogens with one attached hydrogen (secondary N) is 1. The Labute approximate surface area is 238 Å². The summed E-state index contributed by atoms with van der Waals surface area (Å²) < 4.78 is 42.3. The maximum absolute atomic E-state index is 13.3. The first-order chi connectivity index (χ1) is 19.9. The standard InChI is InChI=1S/C24H21ClF3N9O5/c25-14-5-3-13(4-6-14)20-33-36(23(42)35(20)10-16(38)24(26,27)28)11-17-31-22(34-9-8-29-18(39)12-34)37(32-17)15-2-1-7-30-19(15)21(40)41/h1-7,16,38H,8-12H2,(H,29,39)(H,40,41)/t16-/m0/s1. The molecule has 0 unspecified atom stereocenters. The lowest BCUT2D eigenvalue weighted by atomic mass is 10.2. The molecule has 1 saturated heterocycles. The zero-order chi connectivity index (χ0) is 30.2. The van der Waals surface area contributed by atoms with Crippen LogP contribution in [0.1, 0.15) is 16.3 Å². The summed E-state index contributed by atoms with van der Waals surface area (Å²) in [6, 6.07) is 8.74. The molecule has 0 radical (unpaired) electrons. The lowest BCUT2D eigenvalue weighted by molar-refractivity contribution is -0.207. The zero-order valence-electron chi connectivity index (χ0n) is 21.4. The zero-order valence-corrected chi connectivity index (χ0v) is 22.1. The molecule has 1 aliphatic rings. The molecule has 4 aromatic rings. The molecule has 0 aliphatic carbocycles. The van der Waals surface area contributed by atoms with Crippen molar-refractivity contribution in [1.29, 1.82) is 0 Å². The molecule has 1 atom stereocenters. The Morgan fingerprint density at radius 3 is 2.55 bits per heavy atom. The predicted octanol–water partition coefficient (Wildman–Crippen LogP) is 0.947. The van der Waals surface area contributed by atoms with Crippen molar-refractivity contribution in [3.05, 3.63) is 69.6 Å². The Hall–Kier alpha value is -4.77. The quantitative estimate of drug-likeness (QED) is 0.262. The van der Waals surface area contributed by atoms with Crippen LogP contribution in [0.2, 0.25) is 5.02 Å². The number of nitrogens with zero attached hydrogens (tertiary/aromatic N) is 8. The molecule has 18 heteroatoms. The van der Waals surface area contributed by atoms with E-state index in [0.29, 0.717) is 16.1 Å². The number of halogens is 4. The van der Waals surface area contributed by atoms with Crippen LogP contribution in [0.3, 0.4) is 0 Å². The number of carbonyl (C=O) groups excluding carboxylic acids is 1. The number of aliphatic hydroxyl groups is 1. The van der Waals surface area contributed by atoms with E-state index in [1.54, 1.807) is 4.90 Å². The number of amides is 1. The van der Waals surface area contributed by atoms with Gasteiger partial charge in [0, 0.05) is 29.9 Å². The number of aliphatic hydroxyl groups excluding tert-OH is 1. The van der Waals surface area contributed by atoms with E-state index in [9.17, 15) is 37.8 Å². The molecular weight excluding hydrogens is 587 g/mol. The molecule has 0 saturated carbocycles. The van der Waals surface area contributed by atoms with Crippen LogP contribution >= 0.6 is 11.6 Å². The topological polar surface area (TPSA) is 173 Å². The molecule has 1 aromatic carbocycles. The first-order valence-electron chi connectivity index (χ1n) is 12.3. The molecule has 0 spiro atoms. The third kappa shape index (κ3) is 5.82. The second-order valence-corrected chi connectivity index (χ2v) is 9.56. The van der Waals surface area contributed by atoms with Crippen LogP contribution < -0.4 is 15.9 Å². The van der Waals surface area contributed by atoms with Gasteiger partial charge in [0.05, 0.1) is 13.1 Å². The van der Waals surface area contributed by atoms with Gasteiger partial charge in [-0.25, -0.2) is 19.3 Å². The molecule has 3 N–H and O–H groups in total. The number of piperazine rings is 1. The monoisotopic (exact) mass is 607 g/mol. The highest BCUT2D eigenvalue weighted by Crippen LogP contribution is 2.25. The van der Waals surface area contributed by atoms with Gasteiger partial charge in [-0.2, -0.15) is 22.8 Å². The van der Waals surface area contributed by atoms with Gasteiger partial charge in [-0.1, -0.05) is 11.6 Å². The van der Waals surface area contributed by atoms with E-state index >= 15 is 0 Å². The number of pyridine rings is 1. The fraction of sp³-hybridized carbons (Fsp3) is 0.292. The maximum Gasteiger partial charge on any atom is 0.416 e. The number of hydrogen-bond acceptors (Lipinski definition) is 9. The Morgan fingerprint density at radius 2 is 1.88 bits per heavy atom. The summed E-state index contributed by atoms with van der Waals surface area (Å²) in [5, 5.41) is 30.9. The van der Waals surface area contributed by atoms with Crippen molar-refractivity contribution in [2.24, 2.45) is 0 Å². The summed E-state index contributed by atoms with van der Waals surface area (Å²) >= 11 is 5.93. The number of carbonyl (C=O) groups is 2. The number of anilines is 1. The average molecular weight is 608 g/mol. The van der Waals surface area contributed by atoms with Gasteiger partial charge in [0.25, 0.3) is 0 Å². The van der Waals surface area contributed by atoms with Crippen LogP contribution in [0, 0.1) is 0 Å². The molecule has 0 bridgehead atoms. The van der Waals surface area contributed by atoms with Gasteiger partial charge in [0.15, 0.2) is 23.4 Å². The molecule has 1 aliphatic heterocycles. The van der Waals surface area contributed by atoms with Crippen molar-refractivity contribution >= 4 is 29.4 Å². The molecule has 220 valence electrons. The van der Waals surface area contributed by atoms with Gasteiger partial charge in [-0.15, -0.1) is 10.2 Å². The van der Waals surface area contributed by atoms with Gasteiger partial charge in [-0.05, 0) is 36.4 Å². The Morgan fingerprint density at radius 1 is 1.14 bits per heavy atom. The summed E-state index contributed by atoms with van der Waals surface area (Å²) in [6.07, 6.45) is -6.58. The number of aromatic nitrogens is 7. The van der Waals surface area contributed by atoms with Crippen LogP contribution in [0.25, 0.3) is 17.1 Å². The van der Waals surface area contributed by atoms with Gasteiger partial charge in [0.1, 0.15) is 12.2 Å². The van der Waals surface area contributed by atoms with Gasteiger partial charge in [0.2, 0.25) is 11.9 Å². The van der Waals surface area contributed by atoms with E-state index in [-0.39, 0.29) is 53.5 Å². The van der Waals surface area contributed by atoms with Crippen LogP contribution in [-0.4, -0.2) is 88.1 Å². The lowest BCUT2D eigenvalue weighted by Gasteiger charge is -2.27. The number of aromatic carboxylic acids is 1. The average Bonchev–Trinajstić information content (AvgIpc) is 3.50. The van der Waals surface area contributed by atoms with Crippen molar-refractivity contribution in [1.82, 2.24) is 39.4 Å². The highest BCUT2D eigenvalue weighted by atomic mass is 35.5. The lowest BCUT2D eigenvalue weighted by Crippen LogP contribution is -2.48. The van der Waals surface area contributed by atoms with Crippen molar-refractivity contribution in [2.45, 2.75) is 25.4 Å². The smallest absolute Gasteiger partial charge is 0.416 e. The van der Waals surface area contributed by atoms with Crippen LogP contribution in [0.4, 0.5) is 19.1 Å². The van der Waals surface area contributed by atoms with Crippen molar-refractivity contribution in [2.75, 3.05) is 24.5 Å². The van der Waals surface area contributed by atoms with Crippen LogP contribution in [-0.2, 0) is 17.9 Å². The van der Waals surface area contributed by atoms with Crippen LogP contribution in [0.15, 0.2) is 47.4 Å². The van der Waals surface area contributed by atoms with Gasteiger partial charge < -0.3 is 20.4 Å². The first-order valence-corrected chi connectivity index (χ1v) is 12.6. The Balaban J connectivity index is 1.60. The minimum Gasteiger partial charge on any atom is -0.476 e. The Bertz CT molecular complexity index is 1700. The normalized spacial score (nSPS) is 14.6. The van der Waals surface area contributed by atoms with Gasteiger partial charge >= 0.3 is 17.8 Å². The number of benzene rings is 1. The van der Waals surface area contributed by atoms with Crippen LogP contribution in [0.5, 0.6) is 0 Å². The minimum atomic E-state index is -5.00. The largest absolute Gasteiger partial charge is 0.476 e. The summed E-state index contributed by atoms with van der Waals surface area (Å²) in [5.41, 5.74) is -1.07. The van der Waals surface area contributed by atoms with E-state index in [0.717, 1.165) is 4.68 Å². The third-order valence-electron chi connectivity index (χ3n) is 6.22. The van der Waals surface area contributed by atoms with E-state index in [2.05, 4.69) is 25.5 Å². The first kappa shape index (κ1) is 28.7. The van der Waals surface area contributed by atoms with Crippen molar-refractivity contribution in [3.63, 3.8) is 0 Å². The fourth-order valence-corrected chi connectivity index (χ4v) is 4.38. The fourth-order valence-electron chi connectivity index (χ4n) is 4.25. The van der Waals surface area contributed by atoms with Crippen molar-refractivity contribution < 1.29 is 33.0 Å². The summed E-state index contributed by atoms with van der Waals surface area (Å²) in [7, 11) is 0. The SMILES string of the molecule is O=C1CN(c2nc(Cn3nc(-c4ccc(Cl)cc4)n(C[C@H](O)C(F)(F)F)c3=O)nn2-c2cccnc2C(=O)O)CCN1. The number of rotatable bonds is 8. The molecule has 4 heterocycles. The minimum absolute atomic E-state index is 0.0257. The second kappa shape index (κ2) is 11.2. The number of hydrogen-bond donors (Lipinski definition) is 3. The summed E-state index contributed by atoms with van der Waals surface area (Å²) in [6.45, 7) is -1.12. The molecule has 1 fully saturated rings. The highest BCUT2D eigenvalue weighted by Gasteiger charge is 2.39. The van der Waals surface area contributed by atoms with E-state index in [4.69, 9.17) is 11.6 Å². The molecule has 3 aromatic heterocycles. The van der Waals surface area contributed by atoms with E-state index < -0.39 is 37.0 Å². The molecule has 1 amide bonds. The number of carboxylic acid groups (broad SMARTS) is 1. The molecule has 14 nitrogen and oxygen atoms in total. The molecule has 5 rings (SSSR count). The van der Waals surface area contributed by atoms with Gasteiger partial charge in [-0.3, -0.25) is 9.36 Å².